The van der Waals surface area contributed by atoms with Crippen molar-refractivity contribution in [3.05, 3.63) is 119 Å². The van der Waals surface area contributed by atoms with Crippen LogP contribution in [0, 0.1) is 18.8 Å². The van der Waals surface area contributed by atoms with E-state index in [-0.39, 0.29) is 0 Å². The summed E-state index contributed by atoms with van der Waals surface area (Å²) in [6.45, 7) is 20.5. The number of ether oxygens (including phenoxy) is 1. The summed E-state index contributed by atoms with van der Waals surface area (Å²) in [4.78, 5) is 4.84. The predicted molar refractivity (Wildman–Crippen MR) is 209 cm³/mol. The number of pyridine rings is 1. The van der Waals surface area contributed by atoms with Crippen LogP contribution in [0.2, 0.25) is 0 Å². The smallest absolute Gasteiger partial charge is 0.137 e. The van der Waals surface area contributed by atoms with Crippen molar-refractivity contribution in [2.24, 2.45) is 11.8 Å². The molecule has 0 spiro atoms. The van der Waals surface area contributed by atoms with Gasteiger partial charge >= 0.3 is 0 Å². The fourth-order valence-electron chi connectivity index (χ4n) is 8.05. The summed E-state index contributed by atoms with van der Waals surface area (Å²) in [5, 5.41) is 7.66. The first-order valence-corrected chi connectivity index (χ1v) is 18.6. The molecule has 1 aliphatic rings. The first-order valence-electron chi connectivity index (χ1n) is 18.6. The van der Waals surface area contributed by atoms with Gasteiger partial charge in [-0.15, -0.1) is 0 Å². The minimum Gasteiger partial charge on any atom is -0.457 e. The SMILES string of the molecule is CC1=CCCC(C)[C@H]1c1c(C)nn(-c2cc(Oc3ccc4c5ccccc5n(-c5cc(C(C)C)ccn5)c4c3)cc(C(C)C)c2)c1CC(C)C. The Balaban J connectivity index is 1.35. The number of hydrogen-bond acceptors (Lipinski definition) is 3. The van der Waals surface area contributed by atoms with Crippen molar-refractivity contribution in [3.8, 4) is 23.0 Å². The van der Waals surface area contributed by atoms with Gasteiger partial charge < -0.3 is 4.74 Å². The maximum absolute atomic E-state index is 6.81. The lowest BCUT2D eigenvalue weighted by molar-refractivity contribution is 0.444. The second-order valence-electron chi connectivity index (χ2n) is 15.6. The van der Waals surface area contributed by atoms with Crippen LogP contribution < -0.4 is 4.74 Å². The van der Waals surface area contributed by atoms with Crippen LogP contribution in [-0.2, 0) is 6.42 Å². The molecule has 0 bridgehead atoms. The van der Waals surface area contributed by atoms with Crippen LogP contribution in [-0.4, -0.2) is 19.3 Å². The third kappa shape index (κ3) is 6.27. The van der Waals surface area contributed by atoms with E-state index in [0.717, 1.165) is 46.2 Å². The number of para-hydroxylation sites is 1. The van der Waals surface area contributed by atoms with E-state index >= 15 is 0 Å². The van der Waals surface area contributed by atoms with Crippen molar-refractivity contribution in [1.82, 2.24) is 19.3 Å². The zero-order valence-electron chi connectivity index (χ0n) is 31.3. The molecule has 6 aromatic rings. The molecule has 0 amide bonds. The van der Waals surface area contributed by atoms with Crippen LogP contribution in [0.15, 0.2) is 90.6 Å². The molecule has 1 aliphatic carbocycles. The second kappa shape index (κ2) is 13.6. The molecule has 0 N–H and O–H groups in total. The monoisotopic (exact) mass is 664 g/mol. The second-order valence-corrected chi connectivity index (χ2v) is 15.6. The number of allylic oxidation sites excluding steroid dienone is 2. The maximum Gasteiger partial charge on any atom is 0.137 e. The van der Waals surface area contributed by atoms with E-state index in [2.05, 4.69) is 150 Å². The van der Waals surface area contributed by atoms with E-state index in [9.17, 15) is 0 Å². The number of nitrogens with zero attached hydrogens (tertiary/aromatic N) is 4. The van der Waals surface area contributed by atoms with Crippen LogP contribution in [0.5, 0.6) is 11.5 Å². The molecule has 0 radical (unpaired) electrons. The van der Waals surface area contributed by atoms with Crippen LogP contribution in [0.25, 0.3) is 33.3 Å². The predicted octanol–water partition coefficient (Wildman–Crippen LogP) is 12.4. The van der Waals surface area contributed by atoms with Gasteiger partial charge in [0.15, 0.2) is 0 Å². The lowest BCUT2D eigenvalue weighted by atomic mass is 9.74. The highest BCUT2D eigenvalue weighted by atomic mass is 16.5. The van der Waals surface area contributed by atoms with Crippen molar-refractivity contribution >= 4 is 21.8 Å². The van der Waals surface area contributed by atoms with Crippen LogP contribution in [0.3, 0.4) is 0 Å². The third-order valence-electron chi connectivity index (χ3n) is 10.6. The number of rotatable bonds is 9. The Bertz CT molecular complexity index is 2210. The van der Waals surface area contributed by atoms with Crippen molar-refractivity contribution < 1.29 is 4.74 Å². The van der Waals surface area contributed by atoms with Gasteiger partial charge in [-0.25, -0.2) is 9.67 Å². The molecule has 7 rings (SSSR count). The minimum absolute atomic E-state index is 0.329. The van der Waals surface area contributed by atoms with Crippen LogP contribution in [0.4, 0.5) is 0 Å². The molecule has 5 heteroatoms. The Morgan fingerprint density at radius 2 is 1.56 bits per heavy atom. The summed E-state index contributed by atoms with van der Waals surface area (Å²) in [6, 6.07) is 26.0. The summed E-state index contributed by atoms with van der Waals surface area (Å²) >= 11 is 0. The lowest BCUT2D eigenvalue weighted by Gasteiger charge is -2.30. The lowest BCUT2D eigenvalue weighted by Crippen LogP contribution is -2.18. The van der Waals surface area contributed by atoms with Crippen molar-refractivity contribution in [3.63, 3.8) is 0 Å². The van der Waals surface area contributed by atoms with Gasteiger partial charge in [-0.1, -0.05) is 78.3 Å². The standard InChI is InChI=1S/C45H52N4O/c1-27(2)21-42-45(44-30(7)13-12-14-31(44)8)32(9)47-49(42)35-22-34(29(5)6)23-37(25-35)50-36-17-18-39-38-15-10-11-16-40(38)48(41(39)26-36)43-24-33(28(3)4)19-20-46-43/h10-11,13,15-20,22-29,31,44H,12,14,21H2,1-9H3/t31?,44-/m0/s1. The third-order valence-corrected chi connectivity index (χ3v) is 10.6. The van der Waals surface area contributed by atoms with Gasteiger partial charge in [0, 0.05) is 46.3 Å². The van der Waals surface area contributed by atoms with Gasteiger partial charge in [0.2, 0.25) is 0 Å². The molecule has 3 aromatic heterocycles. The molecule has 50 heavy (non-hydrogen) atoms. The van der Waals surface area contributed by atoms with Gasteiger partial charge in [-0.3, -0.25) is 4.57 Å². The van der Waals surface area contributed by atoms with E-state index in [1.54, 1.807) is 0 Å². The first kappa shape index (κ1) is 33.8. The average molecular weight is 665 g/mol. The summed E-state index contributed by atoms with van der Waals surface area (Å²) in [6.07, 6.45) is 7.73. The largest absolute Gasteiger partial charge is 0.457 e. The molecule has 0 aliphatic heterocycles. The molecule has 0 saturated heterocycles. The Morgan fingerprint density at radius 1 is 0.800 bits per heavy atom. The average Bonchev–Trinajstić information content (AvgIpc) is 3.58. The van der Waals surface area contributed by atoms with Gasteiger partial charge in [-0.05, 0) is 110 Å². The van der Waals surface area contributed by atoms with E-state index < -0.39 is 0 Å². The number of aromatic nitrogens is 4. The van der Waals surface area contributed by atoms with E-state index in [0.29, 0.717) is 29.6 Å². The van der Waals surface area contributed by atoms with Crippen molar-refractivity contribution in [2.45, 2.75) is 99.3 Å². The van der Waals surface area contributed by atoms with Crippen molar-refractivity contribution in [1.29, 1.82) is 0 Å². The van der Waals surface area contributed by atoms with Gasteiger partial charge in [0.1, 0.15) is 17.3 Å². The highest BCUT2D eigenvalue weighted by molar-refractivity contribution is 6.09. The zero-order valence-corrected chi connectivity index (χ0v) is 31.3. The van der Waals surface area contributed by atoms with Gasteiger partial charge in [-0.2, -0.15) is 5.10 Å². The Hall–Kier alpha value is -4.64. The maximum atomic E-state index is 6.81. The van der Waals surface area contributed by atoms with Gasteiger partial charge in [0.05, 0.1) is 22.4 Å². The Labute approximate surface area is 298 Å². The minimum atomic E-state index is 0.329. The number of aryl methyl sites for hydroxylation is 1. The number of benzene rings is 3. The number of hydrogen-bond donors (Lipinski definition) is 0. The highest BCUT2D eigenvalue weighted by Crippen LogP contribution is 2.43. The topological polar surface area (TPSA) is 44.9 Å². The Kier molecular flexibility index (Phi) is 9.19. The van der Waals surface area contributed by atoms with E-state index in [1.165, 1.54) is 51.6 Å². The quantitative estimate of drug-likeness (QED) is 0.145. The van der Waals surface area contributed by atoms with Gasteiger partial charge in [0.25, 0.3) is 0 Å². The van der Waals surface area contributed by atoms with Crippen LogP contribution in [0.1, 0.15) is 114 Å². The molecule has 0 saturated carbocycles. The zero-order chi connectivity index (χ0) is 35.3. The van der Waals surface area contributed by atoms with E-state index in [1.807, 2.05) is 6.20 Å². The molecule has 258 valence electrons. The summed E-state index contributed by atoms with van der Waals surface area (Å²) in [5.74, 6) is 4.78. The first-order chi connectivity index (χ1) is 24.0. The molecule has 1 unspecified atom stereocenters. The highest BCUT2D eigenvalue weighted by Gasteiger charge is 2.31. The molecule has 2 atom stereocenters. The fourth-order valence-corrected chi connectivity index (χ4v) is 8.05. The van der Waals surface area contributed by atoms with Crippen LogP contribution >= 0.6 is 0 Å². The van der Waals surface area contributed by atoms with Crippen molar-refractivity contribution in [2.75, 3.05) is 0 Å². The summed E-state index contributed by atoms with van der Waals surface area (Å²) in [7, 11) is 0. The summed E-state index contributed by atoms with van der Waals surface area (Å²) < 4.78 is 11.3. The van der Waals surface area contributed by atoms with E-state index in [4.69, 9.17) is 14.8 Å². The summed E-state index contributed by atoms with van der Waals surface area (Å²) in [5.41, 5.74) is 11.1. The normalized spacial score (nSPS) is 16.7. The molecule has 3 heterocycles. The molecular formula is C45H52N4O. The molecule has 5 nitrogen and oxygen atoms in total. The molecule has 3 aromatic carbocycles. The Morgan fingerprint density at radius 3 is 2.30 bits per heavy atom. The number of fused-ring (bicyclic) bond motifs is 3. The fraction of sp³-hybridized carbons (Fsp3) is 0.378. The molecule has 0 fully saturated rings. The molecular weight excluding hydrogens is 613 g/mol.